The smallest absolute Gasteiger partial charge is 0.210 e. The van der Waals surface area contributed by atoms with Crippen molar-refractivity contribution in [3.63, 3.8) is 0 Å². The van der Waals surface area contributed by atoms with Gasteiger partial charge in [0.2, 0.25) is 6.41 Å². The van der Waals surface area contributed by atoms with Crippen molar-refractivity contribution in [2.75, 3.05) is 40.8 Å². The first kappa shape index (κ1) is 27.2. The van der Waals surface area contributed by atoms with Crippen LogP contribution < -0.4 is 4.74 Å². The average molecular weight is 503 g/mol. The number of hydrogen-bond acceptors (Lipinski definition) is 5. The number of nitriles is 1. The fourth-order valence-corrected chi connectivity index (χ4v) is 6.46. The van der Waals surface area contributed by atoms with Crippen LogP contribution in [0.5, 0.6) is 5.75 Å². The summed E-state index contributed by atoms with van der Waals surface area (Å²) in [4.78, 5) is 19.4. The maximum Gasteiger partial charge on any atom is 0.210 e. The minimum atomic E-state index is -0.218. The van der Waals surface area contributed by atoms with E-state index in [2.05, 4.69) is 77.3 Å². The quantitative estimate of drug-likeness (QED) is 0.300. The van der Waals surface area contributed by atoms with Gasteiger partial charge in [0.1, 0.15) is 5.75 Å². The Kier molecular flexibility index (Phi) is 8.89. The highest BCUT2D eigenvalue weighted by Crippen LogP contribution is 2.47. The van der Waals surface area contributed by atoms with E-state index in [1.54, 1.807) is 7.11 Å². The van der Waals surface area contributed by atoms with Crippen LogP contribution in [0.2, 0.25) is 0 Å². The molecule has 6 nitrogen and oxygen atoms in total. The first-order valence-corrected chi connectivity index (χ1v) is 13.6. The molecule has 4 rings (SSSR count). The van der Waals surface area contributed by atoms with Crippen LogP contribution in [0.3, 0.4) is 0 Å². The molecule has 2 aliphatic carbocycles. The molecule has 2 aliphatic rings. The van der Waals surface area contributed by atoms with E-state index >= 15 is 0 Å². The summed E-state index contributed by atoms with van der Waals surface area (Å²) in [5.41, 5.74) is 2.09. The van der Waals surface area contributed by atoms with E-state index in [0.29, 0.717) is 12.5 Å². The zero-order valence-corrected chi connectivity index (χ0v) is 22.7. The molecule has 0 saturated heterocycles. The molecule has 6 heteroatoms. The molecule has 0 heterocycles. The second kappa shape index (κ2) is 12.1. The summed E-state index contributed by atoms with van der Waals surface area (Å²) >= 11 is 0. The van der Waals surface area contributed by atoms with Crippen LogP contribution in [0.1, 0.15) is 56.1 Å². The van der Waals surface area contributed by atoms with Gasteiger partial charge >= 0.3 is 0 Å². The predicted molar refractivity (Wildman–Crippen MR) is 147 cm³/mol. The third kappa shape index (κ3) is 6.00. The van der Waals surface area contributed by atoms with Gasteiger partial charge in [-0.05, 0) is 81.8 Å². The molecule has 0 N–H and O–H groups in total. The molecule has 0 atom stereocenters. The van der Waals surface area contributed by atoms with Crippen molar-refractivity contribution >= 4 is 6.41 Å². The van der Waals surface area contributed by atoms with Gasteiger partial charge in [-0.2, -0.15) is 5.26 Å². The third-order valence-corrected chi connectivity index (χ3v) is 8.95. The molecule has 0 spiro atoms. The normalized spacial score (nSPS) is 23.9. The van der Waals surface area contributed by atoms with Crippen molar-refractivity contribution in [2.24, 2.45) is 5.92 Å². The molecule has 0 aromatic heterocycles. The van der Waals surface area contributed by atoms with Crippen LogP contribution >= 0.6 is 0 Å². The maximum atomic E-state index is 12.6. The third-order valence-electron chi connectivity index (χ3n) is 8.95. The predicted octanol–water partition coefficient (Wildman–Crippen LogP) is 5.05. The molecule has 1 amide bonds. The van der Waals surface area contributed by atoms with E-state index in [4.69, 9.17) is 4.74 Å². The van der Waals surface area contributed by atoms with Gasteiger partial charge in [0.25, 0.3) is 0 Å². The van der Waals surface area contributed by atoms with Crippen LogP contribution in [0.15, 0.2) is 54.6 Å². The highest BCUT2D eigenvalue weighted by Gasteiger charge is 2.49. The molecule has 2 aromatic carbocycles. The van der Waals surface area contributed by atoms with Crippen molar-refractivity contribution < 1.29 is 9.53 Å². The molecule has 2 aromatic rings. The second-order valence-electron chi connectivity index (χ2n) is 11.2. The molecule has 2 saturated carbocycles. The summed E-state index contributed by atoms with van der Waals surface area (Å²) in [5.74, 6) is 1.48. The summed E-state index contributed by atoms with van der Waals surface area (Å²) in [6.07, 6.45) is 8.50. The van der Waals surface area contributed by atoms with Gasteiger partial charge in [-0.3, -0.25) is 14.6 Å². The monoisotopic (exact) mass is 502 g/mol. The number of carbonyl (C=O) groups excluding carboxylic acids is 1. The van der Waals surface area contributed by atoms with Gasteiger partial charge in [-0.15, -0.1) is 0 Å². The number of hydrogen-bond donors (Lipinski definition) is 0. The summed E-state index contributed by atoms with van der Waals surface area (Å²) < 4.78 is 5.32. The van der Waals surface area contributed by atoms with Crippen molar-refractivity contribution in [2.45, 2.75) is 62.6 Å². The number of ether oxygens (including phenoxy) is 1. The maximum absolute atomic E-state index is 12.6. The Morgan fingerprint density at radius 3 is 2.24 bits per heavy atom. The lowest BCUT2D eigenvalue weighted by Gasteiger charge is -2.55. The number of carbonyl (C=O) groups is 1. The van der Waals surface area contributed by atoms with Crippen molar-refractivity contribution in [3.05, 3.63) is 65.7 Å². The Bertz CT molecular complexity index is 1040. The first-order chi connectivity index (χ1) is 17.9. The number of benzene rings is 2. The lowest BCUT2D eigenvalue weighted by atomic mass is 9.67. The Balaban J connectivity index is 1.58. The number of amides is 1. The largest absolute Gasteiger partial charge is 0.497 e. The average Bonchev–Trinajstić information content (AvgIpc) is 2.89. The summed E-state index contributed by atoms with van der Waals surface area (Å²) in [6.45, 7) is 2.89. The van der Waals surface area contributed by atoms with E-state index < -0.39 is 0 Å². The summed E-state index contributed by atoms with van der Waals surface area (Å²) in [5, 5.41) is 9.52. The molecular weight excluding hydrogens is 460 g/mol. The lowest BCUT2D eigenvalue weighted by Crippen LogP contribution is -2.61. The molecule has 0 radical (unpaired) electrons. The van der Waals surface area contributed by atoms with Gasteiger partial charge in [-0.1, -0.05) is 48.9 Å². The van der Waals surface area contributed by atoms with E-state index in [0.717, 1.165) is 57.5 Å². The molecule has 0 bridgehead atoms. The van der Waals surface area contributed by atoms with Gasteiger partial charge < -0.3 is 9.64 Å². The standard InChI is InChI=1S/C31H42N4O2/c1-33(22-27-12-14-29(37-3)15-13-27)24-30(35(25-36)23-26-8-7-9-26)16-18-31(19-17-30,34(2)21-20-32)28-10-5-4-6-11-28/h4-6,10-15,25-26H,7-9,16-19,21-24H2,1-3H3. The Morgan fingerprint density at radius 1 is 1.03 bits per heavy atom. The van der Waals surface area contributed by atoms with Gasteiger partial charge in [0.15, 0.2) is 0 Å². The molecule has 37 heavy (non-hydrogen) atoms. The zero-order valence-electron chi connectivity index (χ0n) is 22.7. The van der Waals surface area contributed by atoms with Crippen LogP contribution in [-0.2, 0) is 16.9 Å². The molecule has 0 unspecified atom stereocenters. The Labute approximate surface area is 222 Å². The Hall–Kier alpha value is -2.88. The van der Waals surface area contributed by atoms with Crippen LogP contribution in [-0.4, -0.2) is 67.5 Å². The molecular formula is C31H42N4O2. The van der Waals surface area contributed by atoms with E-state index in [1.165, 1.54) is 30.4 Å². The fraction of sp³-hybridized carbons (Fsp3) is 0.548. The van der Waals surface area contributed by atoms with Crippen LogP contribution in [0, 0.1) is 17.2 Å². The number of nitrogens with zero attached hydrogens (tertiary/aromatic N) is 4. The first-order valence-electron chi connectivity index (χ1n) is 13.6. The fourth-order valence-electron chi connectivity index (χ4n) is 6.46. The van der Waals surface area contributed by atoms with E-state index in [-0.39, 0.29) is 11.1 Å². The molecule has 198 valence electrons. The minimum absolute atomic E-state index is 0.194. The van der Waals surface area contributed by atoms with Crippen LogP contribution in [0.25, 0.3) is 0 Å². The van der Waals surface area contributed by atoms with Gasteiger partial charge in [0, 0.05) is 25.2 Å². The summed E-state index contributed by atoms with van der Waals surface area (Å²) in [6, 6.07) is 21.2. The highest BCUT2D eigenvalue weighted by atomic mass is 16.5. The topological polar surface area (TPSA) is 59.8 Å². The molecule has 2 fully saturated rings. The highest BCUT2D eigenvalue weighted by molar-refractivity contribution is 5.49. The van der Waals surface area contributed by atoms with Gasteiger partial charge in [-0.25, -0.2) is 0 Å². The number of rotatable bonds is 12. The summed E-state index contributed by atoms with van der Waals surface area (Å²) in [7, 11) is 5.93. The molecule has 0 aliphatic heterocycles. The van der Waals surface area contributed by atoms with Gasteiger partial charge in [0.05, 0.1) is 25.3 Å². The van der Waals surface area contributed by atoms with Crippen molar-refractivity contribution in [1.29, 1.82) is 5.26 Å². The number of methoxy groups -OCH3 is 1. The van der Waals surface area contributed by atoms with Crippen LogP contribution in [0.4, 0.5) is 0 Å². The number of likely N-dealkylation sites (N-methyl/N-ethyl adjacent to an activating group) is 1. The van der Waals surface area contributed by atoms with E-state index in [1.807, 2.05) is 12.1 Å². The van der Waals surface area contributed by atoms with E-state index in [9.17, 15) is 10.1 Å². The lowest BCUT2D eigenvalue weighted by molar-refractivity contribution is -0.130. The zero-order chi connectivity index (χ0) is 26.3. The Morgan fingerprint density at radius 2 is 1.70 bits per heavy atom. The minimum Gasteiger partial charge on any atom is -0.497 e. The van der Waals surface area contributed by atoms with Crippen molar-refractivity contribution in [3.8, 4) is 11.8 Å². The van der Waals surface area contributed by atoms with Crippen molar-refractivity contribution in [1.82, 2.24) is 14.7 Å². The second-order valence-corrected chi connectivity index (χ2v) is 11.2. The SMILES string of the molecule is COc1ccc(CN(C)CC2(N(C=O)CC3CCC3)CCC(c3ccccc3)(N(C)CC#N)CC2)cc1.